The number of hydrogen-bond donors (Lipinski definition) is 5. The number of nitrogens with one attached hydrogen (secondary N) is 5. The summed E-state index contributed by atoms with van der Waals surface area (Å²) < 4.78 is 3.96. The van der Waals surface area contributed by atoms with Crippen LogP contribution in [0.15, 0.2) is 34.2 Å². The zero-order chi connectivity index (χ0) is 19.0. The summed E-state index contributed by atoms with van der Waals surface area (Å²) >= 11 is 16.0. The fourth-order valence-corrected chi connectivity index (χ4v) is 2.21. The smallest absolute Gasteiger partial charge is 0.265 e. The first-order valence-corrected chi connectivity index (χ1v) is 8.97. The van der Waals surface area contributed by atoms with Gasteiger partial charge in [-0.1, -0.05) is 0 Å². The molecule has 0 radical (unpaired) electrons. The molecular formula is C13H15IN6O2S3. The lowest BCUT2D eigenvalue weighted by molar-refractivity contribution is 0.894. The summed E-state index contributed by atoms with van der Waals surface area (Å²) in [5.74, 6) is 0. The molecule has 5 N–H and O–H groups in total. The van der Waals surface area contributed by atoms with Crippen molar-refractivity contribution >= 4 is 59.2 Å². The monoisotopic (exact) mass is 510 g/mol. The van der Waals surface area contributed by atoms with E-state index in [-0.39, 0.29) is 11.1 Å². The van der Waals surface area contributed by atoms with Gasteiger partial charge in [0.05, 0.1) is 3.57 Å². The summed E-state index contributed by atoms with van der Waals surface area (Å²) in [4.78, 5) is 34.4. The minimum absolute atomic E-state index is 0.139. The number of aromatic amines is 5. The largest absolute Gasteiger partial charge is 0.338 e. The molecule has 0 aromatic carbocycles. The van der Waals surface area contributed by atoms with E-state index in [2.05, 4.69) is 49.4 Å². The van der Waals surface area contributed by atoms with Gasteiger partial charge in [0.15, 0.2) is 14.3 Å². The summed E-state index contributed by atoms with van der Waals surface area (Å²) in [6.45, 7) is 1.78. The van der Waals surface area contributed by atoms with E-state index in [1.807, 2.05) is 46.6 Å². The van der Waals surface area contributed by atoms with Gasteiger partial charge in [-0.05, 0) is 66.2 Å². The molecule has 3 aromatic heterocycles. The van der Waals surface area contributed by atoms with Gasteiger partial charge < -0.3 is 19.5 Å². The van der Waals surface area contributed by atoms with Crippen LogP contribution in [-0.2, 0) is 7.05 Å². The van der Waals surface area contributed by atoms with Gasteiger partial charge in [-0.25, -0.2) is 0 Å². The van der Waals surface area contributed by atoms with Crippen LogP contribution >= 0.6 is 59.2 Å². The average molecular weight is 510 g/mol. The Bertz CT molecular complexity index is 1080. The Morgan fingerprint density at radius 3 is 2.08 bits per heavy atom. The third-order valence-electron chi connectivity index (χ3n) is 2.49. The van der Waals surface area contributed by atoms with E-state index in [4.69, 9.17) is 12.2 Å². The number of aromatic nitrogens is 6. The third-order valence-corrected chi connectivity index (χ3v) is 4.13. The van der Waals surface area contributed by atoms with E-state index >= 15 is 0 Å². The van der Waals surface area contributed by atoms with Gasteiger partial charge >= 0.3 is 0 Å². The lowest BCUT2D eigenvalue weighted by atomic mass is 10.5. The van der Waals surface area contributed by atoms with Crippen molar-refractivity contribution in [3.8, 4) is 0 Å². The van der Waals surface area contributed by atoms with Crippen LogP contribution in [0, 0.1) is 24.8 Å². The van der Waals surface area contributed by atoms with Crippen molar-refractivity contribution in [3.05, 3.63) is 68.9 Å². The summed E-state index contributed by atoms with van der Waals surface area (Å²) in [5, 5.41) is 0. The molecule has 25 heavy (non-hydrogen) atoms. The number of hydrogen-bond acceptors (Lipinski definition) is 5. The molecule has 3 rings (SSSR count). The quantitative estimate of drug-likeness (QED) is 0.236. The number of H-pyrrole nitrogens is 5. The molecule has 0 bridgehead atoms. The first-order chi connectivity index (χ1) is 11.7. The van der Waals surface area contributed by atoms with Crippen molar-refractivity contribution in [1.82, 2.24) is 29.5 Å². The second-order valence-electron chi connectivity index (χ2n) is 4.57. The van der Waals surface area contributed by atoms with E-state index in [1.54, 1.807) is 13.1 Å². The van der Waals surface area contributed by atoms with E-state index in [1.165, 1.54) is 6.07 Å². The van der Waals surface area contributed by atoms with E-state index in [0.717, 1.165) is 10.5 Å². The van der Waals surface area contributed by atoms with Crippen LogP contribution in [0.4, 0.5) is 0 Å². The van der Waals surface area contributed by atoms with E-state index < -0.39 is 0 Å². The molecule has 0 spiro atoms. The minimum Gasteiger partial charge on any atom is -0.338 e. The van der Waals surface area contributed by atoms with Gasteiger partial charge in [-0.3, -0.25) is 19.6 Å². The summed E-state index contributed by atoms with van der Waals surface area (Å²) in [7, 11) is 1.90. The third kappa shape index (κ3) is 8.33. The Morgan fingerprint density at radius 1 is 1.04 bits per heavy atom. The number of rotatable bonds is 0. The predicted octanol–water partition coefficient (Wildman–Crippen LogP) is 2.86. The van der Waals surface area contributed by atoms with Crippen LogP contribution in [0.25, 0.3) is 0 Å². The highest BCUT2D eigenvalue weighted by Crippen LogP contribution is 1.90. The minimum atomic E-state index is -0.156. The zero-order valence-corrected chi connectivity index (χ0v) is 17.8. The molecule has 0 atom stereocenters. The van der Waals surface area contributed by atoms with Crippen LogP contribution in [0.3, 0.4) is 0 Å². The predicted molar refractivity (Wildman–Crippen MR) is 113 cm³/mol. The van der Waals surface area contributed by atoms with Gasteiger partial charge in [0.25, 0.3) is 11.1 Å². The van der Waals surface area contributed by atoms with Crippen molar-refractivity contribution in [2.45, 2.75) is 6.92 Å². The first-order valence-electron chi connectivity index (χ1n) is 6.67. The highest BCUT2D eigenvalue weighted by molar-refractivity contribution is 14.1. The molecule has 0 saturated carbocycles. The number of imidazole rings is 1. The van der Waals surface area contributed by atoms with E-state index in [9.17, 15) is 9.59 Å². The maximum atomic E-state index is 10.7. The molecule has 0 aliphatic rings. The van der Waals surface area contributed by atoms with Crippen LogP contribution < -0.4 is 11.1 Å². The molecule has 0 aliphatic heterocycles. The van der Waals surface area contributed by atoms with Gasteiger partial charge in [-0.15, -0.1) is 0 Å². The Morgan fingerprint density at radius 2 is 1.72 bits per heavy atom. The number of halogens is 1. The standard InChI is InChI=1S/C5H6N2OS.C4H3IN2OS.C4H6N2S/c1-3-2-4(8)7-5(9)6-3;5-2-1-6-4(9)7-3(2)8;1-6-3-2-5-4(6)7/h2H,1H3,(H2,6,7,8,9);1H,(H2,6,7,8,9);2-3H,1H3,(H,5,7). The molecule has 3 aromatic rings. The second kappa shape index (κ2) is 10.4. The number of aryl methyl sites for hydroxylation is 2. The fourth-order valence-electron chi connectivity index (χ4n) is 1.37. The van der Waals surface area contributed by atoms with Crippen molar-refractivity contribution in [2.75, 3.05) is 0 Å². The van der Waals surface area contributed by atoms with Gasteiger partial charge in [0.1, 0.15) is 0 Å². The highest BCUT2D eigenvalue weighted by atomic mass is 127. The highest BCUT2D eigenvalue weighted by Gasteiger charge is 1.89. The maximum Gasteiger partial charge on any atom is 0.265 e. The van der Waals surface area contributed by atoms with Crippen LogP contribution in [0.2, 0.25) is 0 Å². The SMILES string of the molecule is Cc1cc(=O)[nH]c(=S)[nH]1.Cn1cc[nH]c1=S.O=c1[nH]c(=S)[nH]cc1I. The van der Waals surface area contributed by atoms with Crippen molar-refractivity contribution in [3.63, 3.8) is 0 Å². The number of nitrogens with zero attached hydrogens (tertiary/aromatic N) is 1. The van der Waals surface area contributed by atoms with Crippen LogP contribution in [0.5, 0.6) is 0 Å². The molecule has 0 amide bonds. The lowest BCUT2D eigenvalue weighted by Crippen LogP contribution is -2.09. The van der Waals surface area contributed by atoms with E-state index in [0.29, 0.717) is 13.1 Å². The molecule has 12 heteroatoms. The summed E-state index contributed by atoms with van der Waals surface area (Å²) in [5.41, 5.74) is 0.486. The normalized spacial score (nSPS) is 9.40. The Labute approximate surface area is 170 Å². The molecular weight excluding hydrogens is 495 g/mol. The van der Waals surface area contributed by atoms with Gasteiger partial charge in [-0.2, -0.15) is 0 Å². The summed E-state index contributed by atoms with van der Waals surface area (Å²) in [6, 6.07) is 1.45. The average Bonchev–Trinajstić information content (AvgIpc) is 2.87. The molecule has 0 unspecified atom stereocenters. The van der Waals surface area contributed by atoms with Crippen molar-refractivity contribution in [1.29, 1.82) is 0 Å². The maximum absolute atomic E-state index is 10.7. The van der Waals surface area contributed by atoms with Crippen molar-refractivity contribution in [2.24, 2.45) is 7.05 Å². The Hall–Kier alpha value is -1.64. The molecule has 3 heterocycles. The fraction of sp³-hybridized carbons (Fsp3) is 0.154. The summed E-state index contributed by atoms with van der Waals surface area (Å²) in [6.07, 6.45) is 5.26. The Kier molecular flexibility index (Phi) is 8.88. The molecule has 0 fully saturated rings. The molecule has 134 valence electrons. The van der Waals surface area contributed by atoms with Crippen LogP contribution in [0.1, 0.15) is 5.69 Å². The molecule has 8 nitrogen and oxygen atoms in total. The zero-order valence-electron chi connectivity index (χ0n) is 13.2. The molecule has 0 aliphatic carbocycles. The van der Waals surface area contributed by atoms with Gasteiger partial charge in [0.2, 0.25) is 0 Å². The van der Waals surface area contributed by atoms with Crippen LogP contribution in [-0.4, -0.2) is 29.5 Å². The lowest BCUT2D eigenvalue weighted by Gasteiger charge is -1.87. The first kappa shape index (κ1) is 21.4. The topological polar surface area (TPSA) is 118 Å². The molecule has 0 saturated heterocycles. The Balaban J connectivity index is 0.000000189. The van der Waals surface area contributed by atoms with Crippen molar-refractivity contribution < 1.29 is 0 Å². The van der Waals surface area contributed by atoms with Gasteiger partial charge in [0, 0.05) is 37.4 Å². The second-order valence-corrected chi connectivity index (χ2v) is 6.93.